The summed E-state index contributed by atoms with van der Waals surface area (Å²) < 4.78 is 15.7. The van der Waals surface area contributed by atoms with E-state index >= 15 is 0 Å². The van der Waals surface area contributed by atoms with Crippen LogP contribution in [0.3, 0.4) is 0 Å². The Kier molecular flexibility index (Phi) is 8.55. The van der Waals surface area contributed by atoms with Crippen molar-refractivity contribution in [1.82, 2.24) is 4.57 Å². The number of nitrogens with zero attached hydrogens (tertiary/aromatic N) is 2. The van der Waals surface area contributed by atoms with Crippen molar-refractivity contribution in [2.75, 3.05) is 4.90 Å². The SMILES string of the molecule is c1cc(-c2ccc3ccccc3c2)cc(N(c2ccc(-c3ccc4oc5ccccc5c4c3)cc2)c2ccc(-c3ccccc3-n3c4ccccc4c4ccccc43)c3oc4ccccc4c23)c1. The highest BCUT2D eigenvalue weighted by Gasteiger charge is 2.25. The molecular formula is C64H40N2O2. The highest BCUT2D eigenvalue weighted by atomic mass is 16.3. The number of hydrogen-bond acceptors (Lipinski definition) is 3. The van der Waals surface area contributed by atoms with Gasteiger partial charge in [-0.1, -0.05) is 158 Å². The van der Waals surface area contributed by atoms with Gasteiger partial charge in [0.2, 0.25) is 0 Å². The lowest BCUT2D eigenvalue weighted by molar-refractivity contribution is 0.669. The molecule has 0 spiro atoms. The van der Waals surface area contributed by atoms with Crippen molar-refractivity contribution in [2.24, 2.45) is 0 Å². The van der Waals surface area contributed by atoms with Gasteiger partial charge >= 0.3 is 0 Å². The van der Waals surface area contributed by atoms with Crippen LogP contribution in [0.15, 0.2) is 251 Å². The molecule has 14 rings (SSSR count). The van der Waals surface area contributed by atoms with Gasteiger partial charge in [0.15, 0.2) is 0 Å². The summed E-state index contributed by atoms with van der Waals surface area (Å²) in [5.74, 6) is 0. The van der Waals surface area contributed by atoms with Crippen LogP contribution in [0.1, 0.15) is 0 Å². The standard InChI is InChI=1S/C64H40N2O2/c1-2-15-43-38-45(29-28-41(43)14-1)44-16-13-17-48(39-44)65(47-33-30-42(31-34-47)46-32-37-62-55(40-46)52-21-6-11-26-60(52)67-62)59-36-35-53(64-63(59)54-22-7-12-27-61(54)68-64)51-20-5-10-25-58(51)66-56-23-8-3-18-49(56)50-19-4-9-24-57(50)66/h1-40H. The fourth-order valence-electron chi connectivity index (χ4n) is 10.6. The maximum atomic E-state index is 7.07. The van der Waals surface area contributed by atoms with Gasteiger partial charge in [-0.05, 0) is 118 Å². The van der Waals surface area contributed by atoms with Crippen molar-refractivity contribution in [3.05, 3.63) is 243 Å². The molecule has 0 radical (unpaired) electrons. The van der Waals surface area contributed by atoms with Crippen LogP contribution in [0.2, 0.25) is 0 Å². The average molecular weight is 869 g/mol. The first kappa shape index (κ1) is 38.2. The number of hydrogen-bond donors (Lipinski definition) is 0. The molecule has 0 unspecified atom stereocenters. The number of anilines is 3. The minimum absolute atomic E-state index is 0.838. The van der Waals surface area contributed by atoms with Crippen LogP contribution in [-0.4, -0.2) is 4.57 Å². The minimum Gasteiger partial charge on any atom is -0.456 e. The van der Waals surface area contributed by atoms with E-state index in [-0.39, 0.29) is 0 Å². The maximum absolute atomic E-state index is 7.07. The van der Waals surface area contributed by atoms with Gasteiger partial charge in [0.1, 0.15) is 22.3 Å². The van der Waals surface area contributed by atoms with Gasteiger partial charge in [-0.15, -0.1) is 0 Å². The predicted molar refractivity (Wildman–Crippen MR) is 284 cm³/mol. The van der Waals surface area contributed by atoms with Gasteiger partial charge < -0.3 is 18.3 Å². The molecule has 0 amide bonds. The lowest BCUT2D eigenvalue weighted by atomic mass is 9.97. The summed E-state index contributed by atoms with van der Waals surface area (Å²) in [7, 11) is 0. The van der Waals surface area contributed by atoms with Gasteiger partial charge in [0.05, 0.1) is 27.8 Å². The first-order valence-corrected chi connectivity index (χ1v) is 23.2. The molecule has 14 aromatic rings. The topological polar surface area (TPSA) is 34.5 Å². The first-order chi connectivity index (χ1) is 33.7. The molecule has 3 aromatic heterocycles. The van der Waals surface area contributed by atoms with Crippen molar-refractivity contribution in [3.8, 4) is 39.1 Å². The van der Waals surface area contributed by atoms with E-state index in [1.165, 1.54) is 27.1 Å². The summed E-state index contributed by atoms with van der Waals surface area (Å²) in [5.41, 5.74) is 16.7. The highest BCUT2D eigenvalue weighted by molar-refractivity contribution is 6.18. The van der Waals surface area contributed by atoms with E-state index in [1.54, 1.807) is 0 Å². The Morgan fingerprint density at radius 2 is 0.926 bits per heavy atom. The van der Waals surface area contributed by atoms with E-state index in [2.05, 4.69) is 240 Å². The number of benzene rings is 11. The number of para-hydroxylation sites is 5. The zero-order chi connectivity index (χ0) is 44.7. The summed E-state index contributed by atoms with van der Waals surface area (Å²) in [6.45, 7) is 0. The van der Waals surface area contributed by atoms with Crippen LogP contribution >= 0.6 is 0 Å². The van der Waals surface area contributed by atoms with Crippen LogP contribution in [0.5, 0.6) is 0 Å². The molecule has 0 saturated heterocycles. The molecular weight excluding hydrogens is 829 g/mol. The first-order valence-electron chi connectivity index (χ1n) is 23.2. The van der Waals surface area contributed by atoms with Crippen molar-refractivity contribution in [1.29, 1.82) is 0 Å². The molecule has 0 aliphatic heterocycles. The minimum atomic E-state index is 0.838. The Hall–Kier alpha value is -9.12. The number of rotatable bonds is 7. The molecule has 68 heavy (non-hydrogen) atoms. The Bertz CT molecular complexity index is 4230. The molecule has 3 heterocycles. The van der Waals surface area contributed by atoms with Gasteiger partial charge in [-0.2, -0.15) is 0 Å². The van der Waals surface area contributed by atoms with E-state index in [1.807, 2.05) is 12.1 Å². The van der Waals surface area contributed by atoms with E-state index in [9.17, 15) is 0 Å². The Labute approximate surface area is 391 Å². The largest absolute Gasteiger partial charge is 0.456 e. The maximum Gasteiger partial charge on any atom is 0.145 e. The van der Waals surface area contributed by atoms with Crippen LogP contribution in [0.4, 0.5) is 17.1 Å². The van der Waals surface area contributed by atoms with Gasteiger partial charge in [0.25, 0.3) is 0 Å². The summed E-state index contributed by atoms with van der Waals surface area (Å²) in [6, 6.07) is 87.0. The van der Waals surface area contributed by atoms with E-state index in [0.717, 1.165) is 105 Å². The van der Waals surface area contributed by atoms with Gasteiger partial charge in [-0.3, -0.25) is 0 Å². The quantitative estimate of drug-likeness (QED) is 0.160. The molecule has 0 atom stereocenters. The van der Waals surface area contributed by atoms with Crippen LogP contribution in [-0.2, 0) is 0 Å². The van der Waals surface area contributed by atoms with Crippen molar-refractivity contribution >= 4 is 93.5 Å². The number of aromatic nitrogens is 1. The molecule has 0 aliphatic carbocycles. The molecule has 0 aliphatic rings. The zero-order valence-corrected chi connectivity index (χ0v) is 36.8. The number of fused-ring (bicyclic) bond motifs is 10. The third-order valence-electron chi connectivity index (χ3n) is 13.8. The van der Waals surface area contributed by atoms with Crippen molar-refractivity contribution in [3.63, 3.8) is 0 Å². The second kappa shape index (κ2) is 15.2. The van der Waals surface area contributed by atoms with E-state index in [0.29, 0.717) is 0 Å². The highest BCUT2D eigenvalue weighted by Crippen LogP contribution is 2.48. The van der Waals surface area contributed by atoms with Crippen molar-refractivity contribution in [2.45, 2.75) is 0 Å². The second-order valence-electron chi connectivity index (χ2n) is 17.6. The molecule has 0 bridgehead atoms. The summed E-state index contributed by atoms with van der Waals surface area (Å²) in [5, 5.41) is 9.24. The number of furan rings is 2. The summed E-state index contributed by atoms with van der Waals surface area (Å²) >= 11 is 0. The molecule has 0 fully saturated rings. The van der Waals surface area contributed by atoms with Crippen LogP contribution in [0, 0.1) is 0 Å². The van der Waals surface area contributed by atoms with Gasteiger partial charge in [-0.25, -0.2) is 0 Å². The fraction of sp³-hybridized carbons (Fsp3) is 0. The molecule has 318 valence electrons. The Morgan fingerprint density at radius 3 is 1.74 bits per heavy atom. The molecule has 0 saturated carbocycles. The Balaban J connectivity index is 0.978. The zero-order valence-electron chi connectivity index (χ0n) is 36.8. The van der Waals surface area contributed by atoms with Crippen molar-refractivity contribution < 1.29 is 8.83 Å². The lowest BCUT2D eigenvalue weighted by Gasteiger charge is -2.27. The van der Waals surface area contributed by atoms with Crippen LogP contribution in [0.25, 0.3) is 116 Å². The normalized spacial score (nSPS) is 11.8. The molecule has 4 nitrogen and oxygen atoms in total. The fourth-order valence-corrected chi connectivity index (χ4v) is 10.6. The Morgan fingerprint density at radius 1 is 0.324 bits per heavy atom. The predicted octanol–water partition coefficient (Wildman–Crippen LogP) is 18.2. The molecule has 0 N–H and O–H groups in total. The van der Waals surface area contributed by atoms with Gasteiger partial charge in [0, 0.05) is 49.4 Å². The molecule has 4 heteroatoms. The lowest BCUT2D eigenvalue weighted by Crippen LogP contribution is -2.10. The third-order valence-corrected chi connectivity index (χ3v) is 13.8. The van der Waals surface area contributed by atoms with E-state index in [4.69, 9.17) is 8.83 Å². The second-order valence-corrected chi connectivity index (χ2v) is 17.6. The average Bonchev–Trinajstić information content (AvgIpc) is 4.09. The smallest absolute Gasteiger partial charge is 0.145 e. The summed E-state index contributed by atoms with van der Waals surface area (Å²) in [4.78, 5) is 2.40. The molecule has 11 aromatic carbocycles. The monoisotopic (exact) mass is 868 g/mol. The summed E-state index contributed by atoms with van der Waals surface area (Å²) in [6.07, 6.45) is 0. The van der Waals surface area contributed by atoms with Crippen LogP contribution < -0.4 is 4.90 Å². The third kappa shape index (κ3) is 6.01. The van der Waals surface area contributed by atoms with E-state index < -0.39 is 0 Å².